The first-order chi connectivity index (χ1) is 10.3. The van der Waals surface area contributed by atoms with Gasteiger partial charge in [0, 0.05) is 18.8 Å². The highest BCUT2D eigenvalue weighted by atomic mass is 16.1. The van der Waals surface area contributed by atoms with Crippen molar-refractivity contribution in [2.75, 3.05) is 18.4 Å². The van der Waals surface area contributed by atoms with Gasteiger partial charge in [0.2, 0.25) is 0 Å². The van der Waals surface area contributed by atoms with Crippen molar-refractivity contribution in [2.24, 2.45) is 5.92 Å². The van der Waals surface area contributed by atoms with Gasteiger partial charge in [0.15, 0.2) is 0 Å². The van der Waals surface area contributed by atoms with Gasteiger partial charge >= 0.3 is 0 Å². The van der Waals surface area contributed by atoms with Crippen LogP contribution >= 0.6 is 0 Å². The van der Waals surface area contributed by atoms with Crippen LogP contribution in [0.25, 0.3) is 0 Å². The number of amides is 1. The van der Waals surface area contributed by atoms with Gasteiger partial charge < -0.3 is 10.6 Å². The standard InChI is InChI=1S/C18H28N2O/c1-2-13-19-17-11-7-6-10-16(17)18(21)20-14-12-15-8-4-3-5-9-15/h6-7,10-11,15,19H,2-5,8-9,12-14H2,1H3,(H,20,21). The van der Waals surface area contributed by atoms with Crippen molar-refractivity contribution in [1.29, 1.82) is 0 Å². The Morgan fingerprint density at radius 1 is 1.14 bits per heavy atom. The van der Waals surface area contributed by atoms with Crippen LogP contribution in [0.15, 0.2) is 24.3 Å². The van der Waals surface area contributed by atoms with Crippen molar-refractivity contribution in [3.8, 4) is 0 Å². The monoisotopic (exact) mass is 288 g/mol. The highest BCUT2D eigenvalue weighted by Crippen LogP contribution is 2.25. The van der Waals surface area contributed by atoms with Crippen molar-refractivity contribution in [3.05, 3.63) is 29.8 Å². The van der Waals surface area contributed by atoms with Crippen LogP contribution in [0.5, 0.6) is 0 Å². The van der Waals surface area contributed by atoms with E-state index in [1.165, 1.54) is 32.1 Å². The molecular formula is C18H28N2O. The lowest BCUT2D eigenvalue weighted by molar-refractivity contribution is 0.0951. The van der Waals surface area contributed by atoms with Crippen LogP contribution in [0.1, 0.15) is 62.2 Å². The molecule has 0 bridgehead atoms. The molecule has 3 heteroatoms. The lowest BCUT2D eigenvalue weighted by Gasteiger charge is -2.21. The lowest BCUT2D eigenvalue weighted by atomic mass is 9.87. The first kappa shape index (κ1) is 15.9. The number of hydrogen-bond donors (Lipinski definition) is 2. The molecule has 21 heavy (non-hydrogen) atoms. The Labute approximate surface area is 128 Å². The van der Waals surface area contributed by atoms with E-state index in [9.17, 15) is 4.79 Å². The van der Waals surface area contributed by atoms with Gasteiger partial charge in [0.05, 0.1) is 5.56 Å². The van der Waals surface area contributed by atoms with Crippen molar-refractivity contribution in [3.63, 3.8) is 0 Å². The molecule has 1 aliphatic carbocycles. The first-order valence-electron chi connectivity index (χ1n) is 8.42. The molecule has 2 rings (SSSR count). The fourth-order valence-electron chi connectivity index (χ4n) is 3.06. The number of hydrogen-bond acceptors (Lipinski definition) is 2. The maximum absolute atomic E-state index is 12.3. The molecule has 0 spiro atoms. The third-order valence-corrected chi connectivity index (χ3v) is 4.30. The highest BCUT2D eigenvalue weighted by molar-refractivity contribution is 5.99. The Bertz CT molecular complexity index is 439. The summed E-state index contributed by atoms with van der Waals surface area (Å²) in [4.78, 5) is 12.3. The smallest absolute Gasteiger partial charge is 0.253 e. The minimum absolute atomic E-state index is 0.0463. The average Bonchev–Trinajstić information content (AvgIpc) is 2.54. The molecule has 0 radical (unpaired) electrons. The maximum atomic E-state index is 12.3. The largest absolute Gasteiger partial charge is 0.384 e. The van der Waals surface area contributed by atoms with E-state index in [-0.39, 0.29) is 5.91 Å². The zero-order valence-corrected chi connectivity index (χ0v) is 13.2. The zero-order chi connectivity index (χ0) is 14.9. The number of para-hydroxylation sites is 1. The van der Waals surface area contributed by atoms with E-state index in [1.54, 1.807) is 0 Å². The van der Waals surface area contributed by atoms with Crippen molar-refractivity contribution >= 4 is 11.6 Å². The summed E-state index contributed by atoms with van der Waals surface area (Å²) in [7, 11) is 0. The van der Waals surface area contributed by atoms with Crippen LogP contribution < -0.4 is 10.6 Å². The SMILES string of the molecule is CCCNc1ccccc1C(=O)NCCC1CCCCC1. The third kappa shape index (κ3) is 5.07. The zero-order valence-electron chi connectivity index (χ0n) is 13.2. The van der Waals surface area contributed by atoms with Crippen molar-refractivity contribution < 1.29 is 4.79 Å². The highest BCUT2D eigenvalue weighted by Gasteiger charge is 2.14. The Balaban J connectivity index is 1.82. The molecule has 1 aromatic rings. The third-order valence-electron chi connectivity index (χ3n) is 4.30. The van der Waals surface area contributed by atoms with Gasteiger partial charge in [-0.2, -0.15) is 0 Å². The van der Waals surface area contributed by atoms with Crippen molar-refractivity contribution in [1.82, 2.24) is 5.32 Å². The van der Waals surface area contributed by atoms with Crippen LogP contribution in [0.2, 0.25) is 0 Å². The van der Waals surface area contributed by atoms with E-state index in [1.807, 2.05) is 24.3 Å². The molecule has 0 aromatic heterocycles. The molecule has 1 amide bonds. The Morgan fingerprint density at radius 2 is 1.90 bits per heavy atom. The molecule has 1 aromatic carbocycles. The second-order valence-corrected chi connectivity index (χ2v) is 6.02. The van der Waals surface area contributed by atoms with Gasteiger partial charge in [0.25, 0.3) is 5.91 Å². The summed E-state index contributed by atoms with van der Waals surface area (Å²) in [6, 6.07) is 7.77. The second-order valence-electron chi connectivity index (χ2n) is 6.02. The molecule has 116 valence electrons. The molecule has 1 saturated carbocycles. The summed E-state index contributed by atoms with van der Waals surface area (Å²) in [5, 5.41) is 6.41. The number of anilines is 1. The van der Waals surface area contributed by atoms with Gasteiger partial charge in [0.1, 0.15) is 0 Å². The van der Waals surface area contributed by atoms with Gasteiger partial charge in [-0.1, -0.05) is 51.2 Å². The van der Waals surface area contributed by atoms with E-state index in [4.69, 9.17) is 0 Å². The van der Waals surface area contributed by atoms with Crippen LogP contribution in [-0.2, 0) is 0 Å². The summed E-state index contributed by atoms with van der Waals surface area (Å²) >= 11 is 0. The molecule has 0 saturated heterocycles. The molecule has 3 nitrogen and oxygen atoms in total. The van der Waals surface area contributed by atoms with Gasteiger partial charge in [-0.25, -0.2) is 0 Å². The summed E-state index contributed by atoms with van der Waals surface area (Å²) in [6.45, 7) is 3.82. The number of benzene rings is 1. The quantitative estimate of drug-likeness (QED) is 0.789. The summed E-state index contributed by atoms with van der Waals surface area (Å²) in [5.41, 5.74) is 1.70. The van der Waals surface area contributed by atoms with Crippen LogP contribution in [-0.4, -0.2) is 19.0 Å². The van der Waals surface area contributed by atoms with Gasteiger partial charge in [-0.3, -0.25) is 4.79 Å². The molecule has 2 N–H and O–H groups in total. The summed E-state index contributed by atoms with van der Waals surface area (Å²) < 4.78 is 0. The van der Waals surface area contributed by atoms with Crippen LogP contribution in [0.3, 0.4) is 0 Å². The molecule has 0 aliphatic heterocycles. The summed E-state index contributed by atoms with van der Waals surface area (Å²) in [6.07, 6.45) is 8.97. The minimum Gasteiger partial charge on any atom is -0.384 e. The number of carbonyl (C=O) groups is 1. The molecule has 0 atom stereocenters. The lowest BCUT2D eigenvalue weighted by Crippen LogP contribution is -2.27. The number of nitrogens with one attached hydrogen (secondary N) is 2. The predicted molar refractivity (Wildman–Crippen MR) is 88.7 cm³/mol. The molecule has 0 heterocycles. The Hall–Kier alpha value is -1.51. The van der Waals surface area contributed by atoms with E-state index in [0.29, 0.717) is 0 Å². The maximum Gasteiger partial charge on any atom is 0.253 e. The Morgan fingerprint density at radius 3 is 2.67 bits per heavy atom. The summed E-state index contributed by atoms with van der Waals surface area (Å²) in [5.74, 6) is 0.859. The molecule has 1 aliphatic rings. The first-order valence-corrected chi connectivity index (χ1v) is 8.42. The minimum atomic E-state index is 0.0463. The van der Waals surface area contributed by atoms with Gasteiger partial charge in [-0.15, -0.1) is 0 Å². The normalized spacial score (nSPS) is 15.7. The second kappa shape index (κ2) is 8.71. The van der Waals surface area contributed by atoms with E-state index < -0.39 is 0 Å². The van der Waals surface area contributed by atoms with E-state index in [2.05, 4.69) is 17.6 Å². The van der Waals surface area contributed by atoms with E-state index in [0.717, 1.165) is 43.1 Å². The number of carbonyl (C=O) groups excluding carboxylic acids is 1. The fourth-order valence-corrected chi connectivity index (χ4v) is 3.06. The average molecular weight is 288 g/mol. The molecular weight excluding hydrogens is 260 g/mol. The molecule has 1 fully saturated rings. The fraction of sp³-hybridized carbons (Fsp3) is 0.611. The van der Waals surface area contributed by atoms with Crippen LogP contribution in [0.4, 0.5) is 5.69 Å². The topological polar surface area (TPSA) is 41.1 Å². The van der Waals surface area contributed by atoms with Crippen molar-refractivity contribution in [2.45, 2.75) is 51.9 Å². The van der Waals surface area contributed by atoms with Crippen LogP contribution in [0, 0.1) is 5.92 Å². The number of rotatable bonds is 7. The Kier molecular flexibility index (Phi) is 6.58. The predicted octanol–water partition coefficient (Wildman–Crippen LogP) is 4.21. The van der Waals surface area contributed by atoms with Gasteiger partial charge in [-0.05, 0) is 30.9 Å². The van der Waals surface area contributed by atoms with E-state index >= 15 is 0 Å². The molecule has 0 unspecified atom stereocenters.